The molecule has 4 aromatic rings. The second-order valence-electron chi connectivity index (χ2n) is 8.25. The standard InChI is InChI=1S/C27H25NO3S/c1-3-31-19-13-11-18(12-14-19)26-21(15-23(29)30)24(17-9-7-16(2)8-10-17)25-20-5-4-6-22(20)32-27(25)28-26/h7-14H,3-6,15H2,1-2H3,(H,29,30). The maximum atomic E-state index is 12.0. The fraction of sp³-hybridized carbons (Fsp3) is 0.259. The van der Waals surface area contributed by atoms with Crippen molar-refractivity contribution in [1.29, 1.82) is 0 Å². The van der Waals surface area contributed by atoms with Crippen molar-refractivity contribution < 1.29 is 14.6 Å². The molecule has 0 amide bonds. The first-order valence-electron chi connectivity index (χ1n) is 11.0. The van der Waals surface area contributed by atoms with Crippen LogP contribution in [0.15, 0.2) is 48.5 Å². The first kappa shape index (κ1) is 20.7. The third-order valence-corrected chi connectivity index (χ3v) is 7.25. The van der Waals surface area contributed by atoms with Crippen LogP contribution in [0.25, 0.3) is 32.6 Å². The zero-order chi connectivity index (χ0) is 22.2. The largest absolute Gasteiger partial charge is 0.494 e. The van der Waals surface area contributed by atoms with Gasteiger partial charge in [0.1, 0.15) is 10.6 Å². The first-order chi connectivity index (χ1) is 15.5. The van der Waals surface area contributed by atoms with E-state index in [1.54, 1.807) is 11.3 Å². The number of aryl methyl sites for hydroxylation is 3. The van der Waals surface area contributed by atoms with Crippen molar-refractivity contribution in [2.24, 2.45) is 0 Å². The zero-order valence-electron chi connectivity index (χ0n) is 18.3. The Hall–Kier alpha value is -3.18. The lowest BCUT2D eigenvalue weighted by Crippen LogP contribution is -2.06. The summed E-state index contributed by atoms with van der Waals surface area (Å²) < 4.78 is 5.59. The molecule has 4 nitrogen and oxygen atoms in total. The second kappa shape index (κ2) is 8.40. The van der Waals surface area contributed by atoms with Crippen LogP contribution in [0.1, 0.15) is 34.9 Å². The Bertz CT molecular complexity index is 1300. The summed E-state index contributed by atoms with van der Waals surface area (Å²) in [6, 6.07) is 16.2. The predicted molar refractivity (Wildman–Crippen MR) is 130 cm³/mol. The summed E-state index contributed by atoms with van der Waals surface area (Å²) in [6.45, 7) is 4.63. The third kappa shape index (κ3) is 3.67. The van der Waals surface area contributed by atoms with Gasteiger partial charge in [-0.1, -0.05) is 29.8 Å². The maximum Gasteiger partial charge on any atom is 0.307 e. The van der Waals surface area contributed by atoms with E-state index in [2.05, 4.69) is 31.2 Å². The normalized spacial score (nSPS) is 12.8. The molecule has 1 aliphatic rings. The van der Waals surface area contributed by atoms with Gasteiger partial charge in [0.05, 0.1) is 18.7 Å². The van der Waals surface area contributed by atoms with Gasteiger partial charge in [0, 0.05) is 15.8 Å². The highest BCUT2D eigenvalue weighted by Crippen LogP contribution is 2.45. The van der Waals surface area contributed by atoms with Gasteiger partial charge >= 0.3 is 5.97 Å². The van der Waals surface area contributed by atoms with Gasteiger partial charge in [-0.25, -0.2) is 4.98 Å². The number of fused-ring (bicyclic) bond motifs is 3. The monoisotopic (exact) mass is 443 g/mol. The molecule has 0 fully saturated rings. The van der Waals surface area contributed by atoms with Crippen molar-refractivity contribution in [2.45, 2.75) is 39.5 Å². The average Bonchev–Trinajstić information content (AvgIpc) is 3.36. The van der Waals surface area contributed by atoms with Crippen LogP contribution in [-0.4, -0.2) is 22.7 Å². The molecule has 0 radical (unpaired) electrons. The predicted octanol–water partition coefficient (Wildman–Crippen LogP) is 6.45. The van der Waals surface area contributed by atoms with Gasteiger partial charge in [-0.05, 0) is 79.6 Å². The van der Waals surface area contributed by atoms with Crippen molar-refractivity contribution in [3.8, 4) is 28.1 Å². The maximum absolute atomic E-state index is 12.0. The topological polar surface area (TPSA) is 59.4 Å². The summed E-state index contributed by atoms with van der Waals surface area (Å²) in [5, 5.41) is 11.0. The van der Waals surface area contributed by atoms with Crippen LogP contribution in [0.4, 0.5) is 0 Å². The van der Waals surface area contributed by atoms with Crippen LogP contribution in [0.2, 0.25) is 0 Å². The molecule has 0 atom stereocenters. The zero-order valence-corrected chi connectivity index (χ0v) is 19.1. The van der Waals surface area contributed by atoms with Crippen LogP contribution in [0, 0.1) is 6.92 Å². The molecule has 0 saturated carbocycles. The van der Waals surface area contributed by atoms with Crippen LogP contribution in [-0.2, 0) is 24.1 Å². The molecule has 0 unspecified atom stereocenters. The van der Waals surface area contributed by atoms with Gasteiger partial charge in [-0.2, -0.15) is 0 Å². The Kier molecular flexibility index (Phi) is 5.43. The summed E-state index contributed by atoms with van der Waals surface area (Å²) in [7, 11) is 0. The van der Waals surface area contributed by atoms with Gasteiger partial charge in [0.2, 0.25) is 0 Å². The highest BCUT2D eigenvalue weighted by Gasteiger charge is 2.26. The molecule has 2 aromatic carbocycles. The minimum atomic E-state index is -0.849. The Balaban J connectivity index is 1.82. The fourth-order valence-corrected chi connectivity index (χ4v) is 5.91. The number of aromatic nitrogens is 1. The van der Waals surface area contributed by atoms with Crippen LogP contribution in [0.3, 0.4) is 0 Å². The fourth-order valence-electron chi connectivity index (χ4n) is 4.64. The molecule has 0 saturated heterocycles. The highest BCUT2D eigenvalue weighted by molar-refractivity contribution is 7.19. The summed E-state index contributed by atoms with van der Waals surface area (Å²) >= 11 is 1.76. The highest BCUT2D eigenvalue weighted by atomic mass is 32.1. The van der Waals surface area contributed by atoms with Gasteiger partial charge in [-0.3, -0.25) is 4.79 Å². The lowest BCUT2D eigenvalue weighted by Gasteiger charge is -2.17. The summed E-state index contributed by atoms with van der Waals surface area (Å²) in [6.07, 6.45) is 3.19. The Morgan fingerprint density at radius 2 is 1.78 bits per heavy atom. The molecule has 0 aliphatic heterocycles. The number of pyridine rings is 1. The van der Waals surface area contributed by atoms with Gasteiger partial charge in [0.15, 0.2) is 0 Å². The molecule has 2 aromatic heterocycles. The van der Waals surface area contributed by atoms with Crippen molar-refractivity contribution in [1.82, 2.24) is 4.98 Å². The number of nitrogens with zero attached hydrogens (tertiary/aromatic N) is 1. The van der Waals surface area contributed by atoms with Crippen molar-refractivity contribution in [2.75, 3.05) is 6.61 Å². The quantitative estimate of drug-likeness (QED) is 0.372. The summed E-state index contributed by atoms with van der Waals surface area (Å²) in [5.74, 6) is -0.0513. The molecule has 0 bridgehead atoms. The third-order valence-electron chi connectivity index (χ3n) is 6.06. The molecule has 162 valence electrons. The van der Waals surface area contributed by atoms with Crippen molar-refractivity contribution in [3.05, 3.63) is 70.1 Å². The number of hydrogen-bond acceptors (Lipinski definition) is 4. The van der Waals surface area contributed by atoms with E-state index in [1.807, 2.05) is 31.2 Å². The molecule has 1 aliphatic carbocycles. The van der Waals surface area contributed by atoms with Gasteiger partial charge < -0.3 is 9.84 Å². The minimum absolute atomic E-state index is 0.0701. The van der Waals surface area contributed by atoms with E-state index in [-0.39, 0.29) is 6.42 Å². The number of carboxylic acid groups (broad SMARTS) is 1. The smallest absolute Gasteiger partial charge is 0.307 e. The van der Waals surface area contributed by atoms with Crippen molar-refractivity contribution >= 4 is 27.5 Å². The molecular formula is C27H25NO3S. The number of hydrogen-bond donors (Lipinski definition) is 1. The van der Waals surface area contributed by atoms with E-state index in [0.29, 0.717) is 6.61 Å². The van der Waals surface area contributed by atoms with E-state index < -0.39 is 5.97 Å². The van der Waals surface area contributed by atoms with Crippen molar-refractivity contribution in [3.63, 3.8) is 0 Å². The molecule has 0 spiro atoms. The van der Waals surface area contributed by atoms with E-state index >= 15 is 0 Å². The molecule has 5 heteroatoms. The van der Waals surface area contributed by atoms with E-state index in [4.69, 9.17) is 9.72 Å². The van der Waals surface area contributed by atoms with E-state index in [1.165, 1.54) is 16.0 Å². The number of ether oxygens (including phenoxy) is 1. The number of benzene rings is 2. The van der Waals surface area contributed by atoms with E-state index in [0.717, 1.165) is 63.2 Å². The van der Waals surface area contributed by atoms with Crippen LogP contribution < -0.4 is 4.74 Å². The Labute approximate surface area is 191 Å². The molecule has 1 N–H and O–H groups in total. The number of rotatable bonds is 6. The molecular weight excluding hydrogens is 418 g/mol. The Morgan fingerprint density at radius 3 is 2.47 bits per heavy atom. The van der Waals surface area contributed by atoms with Gasteiger partial charge in [0.25, 0.3) is 0 Å². The number of aliphatic carboxylic acids is 1. The Morgan fingerprint density at radius 1 is 1.06 bits per heavy atom. The lowest BCUT2D eigenvalue weighted by atomic mass is 9.90. The SMILES string of the molecule is CCOc1ccc(-c2nc3sc4c(c3c(-c3ccc(C)cc3)c2CC(=O)O)CCC4)cc1. The molecule has 5 rings (SSSR count). The number of thiophene rings is 1. The second-order valence-corrected chi connectivity index (χ2v) is 9.33. The number of carboxylic acids is 1. The minimum Gasteiger partial charge on any atom is -0.494 e. The van der Waals surface area contributed by atoms with Crippen LogP contribution in [0.5, 0.6) is 5.75 Å². The van der Waals surface area contributed by atoms with Gasteiger partial charge in [-0.15, -0.1) is 11.3 Å². The van der Waals surface area contributed by atoms with E-state index in [9.17, 15) is 9.90 Å². The molecule has 32 heavy (non-hydrogen) atoms. The first-order valence-corrected chi connectivity index (χ1v) is 11.9. The summed E-state index contributed by atoms with van der Waals surface area (Å²) in [5.41, 5.74) is 7.07. The summed E-state index contributed by atoms with van der Waals surface area (Å²) in [4.78, 5) is 19.4. The molecule has 2 heterocycles. The lowest BCUT2D eigenvalue weighted by molar-refractivity contribution is -0.136. The average molecular weight is 444 g/mol. The number of carbonyl (C=O) groups is 1. The van der Waals surface area contributed by atoms with Crippen LogP contribution >= 0.6 is 11.3 Å².